The van der Waals surface area contributed by atoms with Crippen LogP contribution in [0.15, 0.2) is 48.5 Å². The molecule has 0 unspecified atom stereocenters. The minimum atomic E-state index is -0.296. The smallest absolute Gasteiger partial charge is 0.251 e. The quantitative estimate of drug-likeness (QED) is 0.931. The molecule has 110 valence electrons. The summed E-state index contributed by atoms with van der Waals surface area (Å²) in [5.74, 6) is -0.112. The lowest BCUT2D eigenvalue weighted by Gasteiger charge is -2.43. The van der Waals surface area contributed by atoms with E-state index in [-0.39, 0.29) is 11.4 Å². The topological polar surface area (TPSA) is 52.9 Å². The van der Waals surface area contributed by atoms with E-state index in [1.165, 1.54) is 0 Å². The molecule has 1 aliphatic carbocycles. The maximum Gasteiger partial charge on any atom is 0.251 e. The van der Waals surface area contributed by atoms with Gasteiger partial charge in [0, 0.05) is 10.6 Å². The van der Waals surface area contributed by atoms with Gasteiger partial charge in [-0.1, -0.05) is 23.7 Å². The lowest BCUT2D eigenvalue weighted by atomic mass is 9.71. The molecule has 3 rings (SSSR count). The largest absolute Gasteiger partial charge is 0.343 e. The van der Waals surface area contributed by atoms with Crippen molar-refractivity contribution in [3.63, 3.8) is 0 Å². The lowest BCUT2D eigenvalue weighted by Crippen LogP contribution is -2.50. The molecule has 4 heteroatoms. The SMILES string of the molecule is N#Cc1ccc(C(=O)NC2(c3ccc(Cl)cc3)CCC2)cc1. The molecule has 1 N–H and O–H groups in total. The molecule has 0 radical (unpaired) electrons. The van der Waals surface area contributed by atoms with Crippen molar-refractivity contribution >= 4 is 17.5 Å². The summed E-state index contributed by atoms with van der Waals surface area (Å²) in [6.07, 6.45) is 2.95. The summed E-state index contributed by atoms with van der Waals surface area (Å²) in [6.45, 7) is 0. The molecular formula is C18H15ClN2O. The number of amides is 1. The number of nitriles is 1. The number of halogens is 1. The highest BCUT2D eigenvalue weighted by atomic mass is 35.5. The molecule has 22 heavy (non-hydrogen) atoms. The van der Waals surface area contributed by atoms with E-state index in [2.05, 4.69) is 11.4 Å². The summed E-state index contributed by atoms with van der Waals surface area (Å²) in [5.41, 5.74) is 1.91. The first-order valence-corrected chi connectivity index (χ1v) is 7.59. The van der Waals surface area contributed by atoms with Crippen LogP contribution < -0.4 is 5.32 Å². The average molecular weight is 311 g/mol. The van der Waals surface area contributed by atoms with E-state index in [1.807, 2.05) is 24.3 Å². The standard InChI is InChI=1S/C18H15ClN2O/c19-16-8-6-15(7-9-16)18(10-1-11-18)21-17(22)14-4-2-13(12-20)3-5-14/h2-9H,1,10-11H2,(H,21,22). The summed E-state index contributed by atoms with van der Waals surface area (Å²) in [7, 11) is 0. The molecule has 0 heterocycles. The fourth-order valence-electron chi connectivity index (χ4n) is 2.77. The molecule has 0 atom stereocenters. The van der Waals surface area contributed by atoms with E-state index in [1.54, 1.807) is 24.3 Å². The van der Waals surface area contributed by atoms with Crippen LogP contribution in [0.1, 0.15) is 40.7 Å². The molecule has 1 fully saturated rings. The highest BCUT2D eigenvalue weighted by molar-refractivity contribution is 6.30. The van der Waals surface area contributed by atoms with Gasteiger partial charge in [0.2, 0.25) is 0 Å². The zero-order valence-corrected chi connectivity index (χ0v) is 12.7. The Morgan fingerprint density at radius 1 is 1.09 bits per heavy atom. The molecule has 2 aromatic rings. The van der Waals surface area contributed by atoms with Crippen LogP contribution in [-0.2, 0) is 5.54 Å². The molecule has 2 aromatic carbocycles. The van der Waals surface area contributed by atoms with Crippen LogP contribution in [0, 0.1) is 11.3 Å². The first-order chi connectivity index (χ1) is 10.6. The van der Waals surface area contributed by atoms with Gasteiger partial charge in [-0.25, -0.2) is 0 Å². The van der Waals surface area contributed by atoms with Crippen LogP contribution >= 0.6 is 11.6 Å². The summed E-state index contributed by atoms with van der Waals surface area (Å²) in [4.78, 5) is 12.5. The van der Waals surface area contributed by atoms with E-state index >= 15 is 0 Å². The number of hydrogen-bond acceptors (Lipinski definition) is 2. The molecule has 0 aromatic heterocycles. The third-order valence-corrected chi connectivity index (χ3v) is 4.48. The summed E-state index contributed by atoms with van der Waals surface area (Å²) in [5, 5.41) is 12.7. The van der Waals surface area contributed by atoms with Gasteiger partial charge in [-0.2, -0.15) is 5.26 Å². The van der Waals surface area contributed by atoms with Crippen LogP contribution in [-0.4, -0.2) is 5.91 Å². The van der Waals surface area contributed by atoms with Crippen molar-refractivity contribution < 1.29 is 4.79 Å². The average Bonchev–Trinajstić information content (AvgIpc) is 2.52. The van der Waals surface area contributed by atoms with Gasteiger partial charge in [-0.3, -0.25) is 4.79 Å². The Bertz CT molecular complexity index is 725. The van der Waals surface area contributed by atoms with Crippen LogP contribution in [0.25, 0.3) is 0 Å². The Balaban J connectivity index is 1.81. The molecule has 0 aliphatic heterocycles. The van der Waals surface area contributed by atoms with E-state index in [0.29, 0.717) is 16.1 Å². The van der Waals surface area contributed by atoms with Crippen molar-refractivity contribution in [3.8, 4) is 6.07 Å². The molecule has 0 saturated heterocycles. The van der Waals surface area contributed by atoms with Crippen LogP contribution in [0.5, 0.6) is 0 Å². The summed E-state index contributed by atoms with van der Waals surface area (Å²) < 4.78 is 0. The monoisotopic (exact) mass is 310 g/mol. The number of nitrogens with zero attached hydrogens (tertiary/aromatic N) is 1. The fraction of sp³-hybridized carbons (Fsp3) is 0.222. The van der Waals surface area contributed by atoms with Gasteiger partial charge < -0.3 is 5.32 Å². The van der Waals surface area contributed by atoms with Gasteiger partial charge in [0.15, 0.2) is 0 Å². The van der Waals surface area contributed by atoms with E-state index in [4.69, 9.17) is 16.9 Å². The van der Waals surface area contributed by atoms with Crippen molar-refractivity contribution in [1.82, 2.24) is 5.32 Å². The Labute approximate surface area is 134 Å². The number of rotatable bonds is 3. The highest BCUT2D eigenvalue weighted by Gasteiger charge is 2.40. The maximum absolute atomic E-state index is 12.5. The predicted octanol–water partition coefficient (Wildman–Crippen LogP) is 4.02. The summed E-state index contributed by atoms with van der Waals surface area (Å²) >= 11 is 5.94. The van der Waals surface area contributed by atoms with Gasteiger partial charge in [-0.05, 0) is 61.2 Å². The van der Waals surface area contributed by atoms with Gasteiger partial charge in [0.05, 0.1) is 17.2 Å². The molecular weight excluding hydrogens is 296 g/mol. The minimum absolute atomic E-state index is 0.112. The third-order valence-electron chi connectivity index (χ3n) is 4.23. The number of benzene rings is 2. The second kappa shape index (κ2) is 5.82. The second-order valence-corrected chi connectivity index (χ2v) is 6.02. The molecule has 0 bridgehead atoms. The maximum atomic E-state index is 12.5. The first kappa shape index (κ1) is 14.6. The van der Waals surface area contributed by atoms with Crippen molar-refractivity contribution in [2.24, 2.45) is 0 Å². The minimum Gasteiger partial charge on any atom is -0.343 e. The second-order valence-electron chi connectivity index (χ2n) is 5.59. The Hall–Kier alpha value is -2.31. The van der Waals surface area contributed by atoms with Crippen LogP contribution in [0.3, 0.4) is 0 Å². The number of carbonyl (C=O) groups excluding carboxylic acids is 1. The van der Waals surface area contributed by atoms with Crippen molar-refractivity contribution in [2.75, 3.05) is 0 Å². The molecule has 1 saturated carbocycles. The van der Waals surface area contributed by atoms with Crippen molar-refractivity contribution in [2.45, 2.75) is 24.8 Å². The third kappa shape index (κ3) is 2.70. The lowest BCUT2D eigenvalue weighted by molar-refractivity contribution is 0.0823. The Kier molecular flexibility index (Phi) is 3.87. The molecule has 3 nitrogen and oxygen atoms in total. The molecule has 0 spiro atoms. The van der Waals surface area contributed by atoms with Crippen LogP contribution in [0.2, 0.25) is 5.02 Å². The Morgan fingerprint density at radius 3 is 2.23 bits per heavy atom. The van der Waals surface area contributed by atoms with E-state index in [9.17, 15) is 4.79 Å². The number of carbonyl (C=O) groups is 1. The van der Waals surface area contributed by atoms with Gasteiger partial charge in [0.1, 0.15) is 0 Å². The summed E-state index contributed by atoms with van der Waals surface area (Å²) in [6, 6.07) is 16.4. The zero-order chi connectivity index (χ0) is 15.6. The fourth-order valence-corrected chi connectivity index (χ4v) is 2.90. The van der Waals surface area contributed by atoms with Gasteiger partial charge in [0.25, 0.3) is 5.91 Å². The van der Waals surface area contributed by atoms with E-state index < -0.39 is 0 Å². The predicted molar refractivity (Wildman–Crippen MR) is 85.6 cm³/mol. The van der Waals surface area contributed by atoms with Crippen molar-refractivity contribution in [3.05, 3.63) is 70.2 Å². The van der Waals surface area contributed by atoms with Crippen molar-refractivity contribution in [1.29, 1.82) is 5.26 Å². The van der Waals surface area contributed by atoms with Crippen LogP contribution in [0.4, 0.5) is 0 Å². The number of hydrogen-bond donors (Lipinski definition) is 1. The molecule has 1 aliphatic rings. The van der Waals surface area contributed by atoms with E-state index in [0.717, 1.165) is 24.8 Å². The zero-order valence-electron chi connectivity index (χ0n) is 12.0. The van der Waals surface area contributed by atoms with Gasteiger partial charge >= 0.3 is 0 Å². The van der Waals surface area contributed by atoms with Gasteiger partial charge in [-0.15, -0.1) is 0 Å². The highest BCUT2D eigenvalue weighted by Crippen LogP contribution is 2.41. The Morgan fingerprint density at radius 2 is 1.73 bits per heavy atom. The molecule has 1 amide bonds. The first-order valence-electron chi connectivity index (χ1n) is 7.22. The number of nitrogens with one attached hydrogen (secondary N) is 1. The normalized spacial score (nSPS) is 15.5.